The third kappa shape index (κ3) is 4.22. The van der Waals surface area contributed by atoms with Gasteiger partial charge in [0.1, 0.15) is 5.69 Å². The summed E-state index contributed by atoms with van der Waals surface area (Å²) in [5, 5.41) is 6.65. The number of hydrogen-bond acceptors (Lipinski definition) is 5. The van der Waals surface area contributed by atoms with E-state index in [1.54, 1.807) is 29.2 Å². The number of aromatic nitrogens is 2. The molecule has 2 aromatic rings. The summed E-state index contributed by atoms with van der Waals surface area (Å²) in [6.07, 6.45) is -0.0940. The van der Waals surface area contributed by atoms with Crippen LogP contribution in [0, 0.1) is 0 Å². The van der Waals surface area contributed by atoms with Crippen LogP contribution in [0.5, 0.6) is 0 Å². The molecule has 1 aromatic carbocycles. The summed E-state index contributed by atoms with van der Waals surface area (Å²) in [6.45, 7) is 4.84. The summed E-state index contributed by atoms with van der Waals surface area (Å²) in [4.78, 5) is 38.6. The zero-order valence-corrected chi connectivity index (χ0v) is 15.5. The second-order valence-corrected chi connectivity index (χ2v) is 6.65. The highest BCUT2D eigenvalue weighted by Gasteiger charge is 2.28. The molecular weight excluding hydrogens is 348 g/mol. The minimum atomic E-state index is -0.491. The monoisotopic (exact) mass is 370 g/mol. The summed E-state index contributed by atoms with van der Waals surface area (Å²) in [5.74, 6) is -0.657. The summed E-state index contributed by atoms with van der Waals surface area (Å²) >= 11 is 0. The van der Waals surface area contributed by atoms with E-state index in [1.165, 1.54) is 19.2 Å². The average molecular weight is 370 g/mol. The Bertz CT molecular complexity index is 914. The van der Waals surface area contributed by atoms with Crippen molar-refractivity contribution < 1.29 is 14.3 Å². The van der Waals surface area contributed by atoms with E-state index in [4.69, 9.17) is 4.74 Å². The highest BCUT2D eigenvalue weighted by atomic mass is 16.5. The normalized spacial score (nSPS) is 19.6. The second kappa shape index (κ2) is 7.71. The van der Waals surface area contributed by atoms with Gasteiger partial charge >= 0.3 is 0 Å². The van der Waals surface area contributed by atoms with Gasteiger partial charge in [-0.3, -0.25) is 14.4 Å². The van der Waals surface area contributed by atoms with Crippen LogP contribution >= 0.6 is 0 Å². The molecule has 3 rings (SSSR count). The zero-order chi connectivity index (χ0) is 19.6. The molecule has 1 saturated heterocycles. The number of para-hydroxylation sites is 1. The number of carbonyl (C=O) groups excluding carboxylic acids is 2. The Morgan fingerprint density at radius 1 is 1.11 bits per heavy atom. The van der Waals surface area contributed by atoms with E-state index < -0.39 is 5.91 Å². The van der Waals surface area contributed by atoms with Crippen LogP contribution in [0.2, 0.25) is 0 Å². The Labute approximate surface area is 156 Å². The number of morpholine rings is 1. The maximum atomic E-state index is 13.0. The van der Waals surface area contributed by atoms with E-state index in [9.17, 15) is 14.4 Å². The van der Waals surface area contributed by atoms with E-state index in [1.807, 2.05) is 13.8 Å². The molecule has 1 aliphatic rings. The van der Waals surface area contributed by atoms with E-state index >= 15 is 0 Å². The number of aryl methyl sites for hydroxylation is 1. The number of carbonyl (C=O) groups is 2. The van der Waals surface area contributed by atoms with Crippen molar-refractivity contribution in [2.24, 2.45) is 7.05 Å². The molecule has 2 heterocycles. The topological polar surface area (TPSA) is 93.5 Å². The first-order valence-corrected chi connectivity index (χ1v) is 8.74. The molecule has 1 N–H and O–H groups in total. The van der Waals surface area contributed by atoms with Crippen molar-refractivity contribution in [3.8, 4) is 0 Å². The maximum Gasteiger partial charge on any atom is 0.276 e. The highest BCUT2D eigenvalue weighted by molar-refractivity contribution is 6.08. The quantitative estimate of drug-likeness (QED) is 0.879. The molecule has 1 fully saturated rings. The van der Waals surface area contributed by atoms with Gasteiger partial charge in [-0.25, -0.2) is 4.68 Å². The first kappa shape index (κ1) is 18.8. The molecule has 8 heteroatoms. The van der Waals surface area contributed by atoms with Gasteiger partial charge in [-0.2, -0.15) is 5.10 Å². The van der Waals surface area contributed by atoms with Crippen molar-refractivity contribution in [2.75, 3.05) is 18.4 Å². The predicted molar refractivity (Wildman–Crippen MR) is 99.8 cm³/mol. The van der Waals surface area contributed by atoms with E-state index in [-0.39, 0.29) is 29.4 Å². The fourth-order valence-electron chi connectivity index (χ4n) is 3.10. The third-order valence-corrected chi connectivity index (χ3v) is 4.31. The van der Waals surface area contributed by atoms with Crippen molar-refractivity contribution in [2.45, 2.75) is 26.1 Å². The SMILES string of the molecule is CC1CN(C(=O)c2ccccc2NC(=O)c2ccc(=O)n(C)n2)CC(C)O1. The van der Waals surface area contributed by atoms with Crippen molar-refractivity contribution in [3.63, 3.8) is 0 Å². The third-order valence-electron chi connectivity index (χ3n) is 4.31. The van der Waals surface area contributed by atoms with Crippen LogP contribution in [0.25, 0.3) is 0 Å². The van der Waals surface area contributed by atoms with Gasteiger partial charge in [0.25, 0.3) is 17.4 Å². The van der Waals surface area contributed by atoms with Crippen LogP contribution in [-0.2, 0) is 11.8 Å². The molecule has 2 unspecified atom stereocenters. The van der Waals surface area contributed by atoms with Gasteiger partial charge in [-0.15, -0.1) is 0 Å². The van der Waals surface area contributed by atoms with E-state index in [0.29, 0.717) is 24.3 Å². The fraction of sp³-hybridized carbons (Fsp3) is 0.368. The first-order valence-electron chi connectivity index (χ1n) is 8.74. The van der Waals surface area contributed by atoms with Crippen molar-refractivity contribution in [1.82, 2.24) is 14.7 Å². The summed E-state index contributed by atoms with van der Waals surface area (Å²) in [7, 11) is 1.47. The number of hydrogen-bond donors (Lipinski definition) is 1. The smallest absolute Gasteiger partial charge is 0.276 e. The lowest BCUT2D eigenvalue weighted by Crippen LogP contribution is -2.48. The van der Waals surface area contributed by atoms with Gasteiger partial charge in [0.15, 0.2) is 0 Å². The Kier molecular flexibility index (Phi) is 5.36. The minimum Gasteiger partial charge on any atom is -0.372 e. The van der Waals surface area contributed by atoms with Gasteiger partial charge in [0.05, 0.1) is 23.5 Å². The van der Waals surface area contributed by atoms with Gasteiger partial charge in [0.2, 0.25) is 0 Å². The van der Waals surface area contributed by atoms with Gasteiger partial charge in [0, 0.05) is 26.2 Å². The van der Waals surface area contributed by atoms with Gasteiger partial charge in [-0.05, 0) is 32.0 Å². The average Bonchev–Trinajstić information content (AvgIpc) is 2.63. The molecule has 0 radical (unpaired) electrons. The molecule has 142 valence electrons. The number of amides is 2. The van der Waals surface area contributed by atoms with Gasteiger partial charge in [-0.1, -0.05) is 12.1 Å². The number of ether oxygens (including phenoxy) is 1. The molecule has 2 amide bonds. The lowest BCUT2D eigenvalue weighted by molar-refractivity contribution is -0.0585. The summed E-state index contributed by atoms with van der Waals surface area (Å²) < 4.78 is 6.76. The highest BCUT2D eigenvalue weighted by Crippen LogP contribution is 2.21. The molecule has 0 bridgehead atoms. The van der Waals surface area contributed by atoms with E-state index in [0.717, 1.165) is 4.68 Å². The van der Waals surface area contributed by atoms with Crippen LogP contribution in [0.15, 0.2) is 41.2 Å². The first-order chi connectivity index (χ1) is 12.8. The zero-order valence-electron chi connectivity index (χ0n) is 15.5. The molecule has 1 aliphatic heterocycles. The standard InChI is InChI=1S/C19H22N4O4/c1-12-10-23(11-13(2)27-12)19(26)14-6-4-5-7-15(14)20-18(25)16-8-9-17(24)22(3)21-16/h4-9,12-13H,10-11H2,1-3H3,(H,20,25). The lowest BCUT2D eigenvalue weighted by atomic mass is 10.1. The molecule has 2 atom stereocenters. The van der Waals surface area contributed by atoms with Crippen LogP contribution < -0.4 is 10.9 Å². The molecule has 1 aromatic heterocycles. The number of nitrogens with one attached hydrogen (secondary N) is 1. The van der Waals surface area contributed by atoms with Crippen molar-refractivity contribution in [1.29, 1.82) is 0 Å². The number of benzene rings is 1. The Balaban J connectivity index is 1.83. The molecular formula is C19H22N4O4. The Morgan fingerprint density at radius 3 is 2.44 bits per heavy atom. The minimum absolute atomic E-state index is 0.0470. The van der Waals surface area contributed by atoms with E-state index in [2.05, 4.69) is 10.4 Å². The largest absolute Gasteiger partial charge is 0.372 e. The molecule has 0 spiro atoms. The number of nitrogens with zero attached hydrogens (tertiary/aromatic N) is 3. The molecule has 0 aliphatic carbocycles. The predicted octanol–water partition coefficient (Wildman–Crippen LogP) is 1.28. The second-order valence-electron chi connectivity index (χ2n) is 6.65. The molecule has 8 nitrogen and oxygen atoms in total. The van der Waals surface area contributed by atoms with Crippen LogP contribution in [0.4, 0.5) is 5.69 Å². The Hall–Kier alpha value is -3.00. The lowest BCUT2D eigenvalue weighted by Gasteiger charge is -2.35. The maximum absolute atomic E-state index is 13.0. The van der Waals surface area contributed by atoms with Crippen LogP contribution in [-0.4, -0.2) is 51.8 Å². The summed E-state index contributed by atoms with van der Waals surface area (Å²) in [5.41, 5.74) is 0.581. The summed E-state index contributed by atoms with van der Waals surface area (Å²) in [6, 6.07) is 9.46. The molecule has 27 heavy (non-hydrogen) atoms. The number of anilines is 1. The van der Waals surface area contributed by atoms with Crippen molar-refractivity contribution >= 4 is 17.5 Å². The Morgan fingerprint density at radius 2 is 1.78 bits per heavy atom. The van der Waals surface area contributed by atoms with Crippen LogP contribution in [0.1, 0.15) is 34.7 Å². The van der Waals surface area contributed by atoms with Crippen molar-refractivity contribution in [3.05, 3.63) is 58.0 Å². The van der Waals surface area contributed by atoms with Gasteiger partial charge < -0.3 is 15.0 Å². The number of rotatable bonds is 3. The molecule has 0 saturated carbocycles. The van der Waals surface area contributed by atoms with Crippen LogP contribution in [0.3, 0.4) is 0 Å². The fourth-order valence-corrected chi connectivity index (χ4v) is 3.10.